The minimum atomic E-state index is -0.257. The Balaban J connectivity index is 1.65. The van der Waals surface area contributed by atoms with Crippen LogP contribution in [0.4, 0.5) is 0 Å². The van der Waals surface area contributed by atoms with Gasteiger partial charge in [-0.05, 0) is 115 Å². The molecular formula is C34H32S4. The second kappa shape index (κ2) is 9.16. The van der Waals surface area contributed by atoms with E-state index in [2.05, 4.69) is 122 Å². The number of hydrogen-bond donors (Lipinski definition) is 4. The van der Waals surface area contributed by atoms with Crippen LogP contribution in [0.5, 0.6) is 0 Å². The fourth-order valence-electron chi connectivity index (χ4n) is 9.32. The molecule has 192 valence electrons. The van der Waals surface area contributed by atoms with Crippen LogP contribution in [0.2, 0.25) is 0 Å². The Kier molecular flexibility index (Phi) is 6.09. The van der Waals surface area contributed by atoms with Crippen molar-refractivity contribution in [1.82, 2.24) is 0 Å². The van der Waals surface area contributed by atoms with Gasteiger partial charge in [-0.25, -0.2) is 0 Å². The van der Waals surface area contributed by atoms with Gasteiger partial charge in [0.15, 0.2) is 0 Å². The molecule has 0 atom stereocenters. The van der Waals surface area contributed by atoms with Crippen molar-refractivity contribution in [3.05, 3.63) is 119 Å². The molecule has 0 nitrogen and oxygen atoms in total. The number of benzene rings is 4. The molecule has 8 rings (SSSR count). The summed E-state index contributed by atoms with van der Waals surface area (Å²) in [6, 6.07) is 36.5. The van der Waals surface area contributed by atoms with Gasteiger partial charge >= 0.3 is 0 Å². The van der Waals surface area contributed by atoms with Crippen LogP contribution in [0.25, 0.3) is 0 Å². The predicted octanol–water partition coefficient (Wildman–Crippen LogP) is 9.23. The summed E-state index contributed by atoms with van der Waals surface area (Å²) >= 11 is 18.8. The van der Waals surface area contributed by atoms with Crippen LogP contribution in [0.15, 0.2) is 117 Å². The maximum absolute atomic E-state index is 4.70. The second-order valence-electron chi connectivity index (χ2n) is 11.9. The van der Waals surface area contributed by atoms with Crippen molar-refractivity contribution in [3.8, 4) is 0 Å². The van der Waals surface area contributed by atoms with Gasteiger partial charge in [0.2, 0.25) is 0 Å². The largest absolute Gasteiger partial charge is 0.143 e. The zero-order chi connectivity index (χ0) is 26.1. The lowest BCUT2D eigenvalue weighted by molar-refractivity contribution is -0.0904. The standard InChI is InChI=1S/C34H32S4/c35-28-9-1-24(2-10-28)32-18-22-17-23(19-32)21-33(20-22,25-3-11-29(36)12-4-25)34(32,26-5-13-30(37)14-6-26)27-7-15-31(38)16-8-27/h1-16,22-23,35-38H,17-21H2. The van der Waals surface area contributed by atoms with Crippen LogP contribution in [-0.4, -0.2) is 0 Å². The van der Waals surface area contributed by atoms with E-state index >= 15 is 0 Å². The van der Waals surface area contributed by atoms with Crippen molar-refractivity contribution < 1.29 is 0 Å². The number of rotatable bonds is 4. The van der Waals surface area contributed by atoms with Gasteiger partial charge in [-0.1, -0.05) is 48.5 Å². The van der Waals surface area contributed by atoms with Gasteiger partial charge < -0.3 is 0 Å². The van der Waals surface area contributed by atoms with Gasteiger partial charge in [0, 0.05) is 35.8 Å². The molecule has 0 saturated heterocycles. The summed E-state index contributed by atoms with van der Waals surface area (Å²) in [5.74, 6) is 1.41. The molecule has 0 spiro atoms. The highest BCUT2D eigenvalue weighted by molar-refractivity contribution is 7.80. The summed E-state index contributed by atoms with van der Waals surface area (Å²) in [6.07, 6.45) is 6.15. The third kappa shape index (κ3) is 3.49. The normalized spacial score (nSPS) is 28.9. The van der Waals surface area contributed by atoms with Gasteiger partial charge in [-0.2, -0.15) is 0 Å². The van der Waals surface area contributed by atoms with Gasteiger partial charge in [-0.15, -0.1) is 50.5 Å². The average Bonchev–Trinajstić information content (AvgIpc) is 2.91. The zero-order valence-corrected chi connectivity index (χ0v) is 24.8. The molecule has 0 amide bonds. The van der Waals surface area contributed by atoms with Crippen molar-refractivity contribution in [3.63, 3.8) is 0 Å². The van der Waals surface area contributed by atoms with Crippen LogP contribution in [0, 0.1) is 11.8 Å². The highest BCUT2D eigenvalue weighted by atomic mass is 32.1. The Labute approximate surface area is 248 Å². The lowest BCUT2D eigenvalue weighted by Crippen LogP contribution is -2.72. The topological polar surface area (TPSA) is 0 Å². The molecule has 0 heterocycles. The SMILES string of the molecule is Sc1ccc(C23CC4CC(C2)CC(c2ccc(S)cc2)(C4)C3(c2ccc(S)cc2)c2ccc(S)cc2)cc1. The molecule has 38 heavy (non-hydrogen) atoms. The molecule has 4 aromatic rings. The van der Waals surface area contributed by atoms with Crippen molar-refractivity contribution in [2.24, 2.45) is 11.8 Å². The highest BCUT2D eigenvalue weighted by Crippen LogP contribution is 2.76. The molecule has 4 aliphatic carbocycles. The van der Waals surface area contributed by atoms with Crippen LogP contribution < -0.4 is 0 Å². The minimum absolute atomic E-state index is 0.0472. The van der Waals surface area contributed by atoms with Crippen LogP contribution in [0.3, 0.4) is 0 Å². The predicted molar refractivity (Wildman–Crippen MR) is 169 cm³/mol. The molecule has 0 unspecified atom stereocenters. The lowest BCUT2D eigenvalue weighted by Gasteiger charge is -2.74. The molecule has 0 N–H and O–H groups in total. The lowest BCUT2D eigenvalue weighted by atomic mass is 9.29. The van der Waals surface area contributed by atoms with Crippen LogP contribution in [-0.2, 0) is 16.2 Å². The van der Waals surface area contributed by atoms with Crippen LogP contribution >= 0.6 is 50.5 Å². The van der Waals surface area contributed by atoms with Gasteiger partial charge in [0.25, 0.3) is 0 Å². The van der Waals surface area contributed by atoms with E-state index in [1.807, 2.05) is 0 Å². The van der Waals surface area contributed by atoms with E-state index in [0.29, 0.717) is 11.8 Å². The van der Waals surface area contributed by atoms with Gasteiger partial charge in [-0.3, -0.25) is 0 Å². The summed E-state index contributed by atoms with van der Waals surface area (Å²) in [5, 5.41) is 0. The Morgan fingerprint density at radius 2 is 0.658 bits per heavy atom. The fourth-order valence-corrected chi connectivity index (χ4v) is 9.91. The van der Waals surface area contributed by atoms with Crippen molar-refractivity contribution >= 4 is 50.5 Å². The Morgan fingerprint density at radius 3 is 0.947 bits per heavy atom. The first-order valence-corrected chi connectivity index (χ1v) is 15.3. The maximum Gasteiger partial charge on any atom is 0.0396 e. The Morgan fingerprint density at radius 1 is 0.395 bits per heavy atom. The molecule has 0 radical (unpaired) electrons. The quantitative estimate of drug-likeness (QED) is 0.173. The highest BCUT2D eigenvalue weighted by Gasteiger charge is 2.73. The first kappa shape index (κ1) is 25.3. The molecule has 4 fully saturated rings. The second-order valence-corrected chi connectivity index (χ2v) is 14.0. The zero-order valence-electron chi connectivity index (χ0n) is 21.2. The van der Waals surface area contributed by atoms with Gasteiger partial charge in [0.1, 0.15) is 0 Å². The third-order valence-corrected chi connectivity index (χ3v) is 11.3. The minimum Gasteiger partial charge on any atom is -0.143 e. The molecule has 4 aliphatic rings. The molecule has 0 aromatic heterocycles. The van der Waals surface area contributed by atoms with E-state index in [4.69, 9.17) is 25.3 Å². The Bertz CT molecular complexity index is 1340. The van der Waals surface area contributed by atoms with E-state index in [1.54, 1.807) is 0 Å². The molecule has 0 aliphatic heterocycles. The summed E-state index contributed by atoms with van der Waals surface area (Å²) in [6.45, 7) is 0. The van der Waals surface area contributed by atoms with Crippen LogP contribution in [0.1, 0.15) is 54.4 Å². The molecule has 4 bridgehead atoms. The first-order valence-electron chi connectivity index (χ1n) is 13.5. The maximum atomic E-state index is 4.70. The van der Waals surface area contributed by atoms with E-state index in [1.165, 1.54) is 54.4 Å². The number of thiol groups is 4. The average molecular weight is 569 g/mol. The summed E-state index contributed by atoms with van der Waals surface area (Å²) < 4.78 is 0. The van der Waals surface area contributed by atoms with E-state index < -0.39 is 0 Å². The monoisotopic (exact) mass is 568 g/mol. The third-order valence-electron chi connectivity index (χ3n) is 10.1. The molecule has 4 saturated carbocycles. The van der Waals surface area contributed by atoms with Crippen molar-refractivity contribution in [2.45, 2.75) is 67.9 Å². The summed E-state index contributed by atoms with van der Waals surface area (Å²) in [7, 11) is 0. The fraction of sp³-hybridized carbons (Fsp3) is 0.294. The molecule has 4 aromatic carbocycles. The molecular weight excluding hydrogens is 537 g/mol. The van der Waals surface area contributed by atoms with Gasteiger partial charge in [0.05, 0.1) is 0 Å². The Hall–Kier alpha value is -1.72. The van der Waals surface area contributed by atoms with Crippen molar-refractivity contribution in [2.75, 3.05) is 0 Å². The summed E-state index contributed by atoms with van der Waals surface area (Å²) in [5.41, 5.74) is 5.33. The molecule has 4 heteroatoms. The van der Waals surface area contributed by atoms with Crippen molar-refractivity contribution in [1.29, 1.82) is 0 Å². The smallest absolute Gasteiger partial charge is 0.0396 e. The van der Waals surface area contributed by atoms with E-state index in [-0.39, 0.29) is 16.2 Å². The van der Waals surface area contributed by atoms with E-state index in [0.717, 1.165) is 19.6 Å². The first-order chi connectivity index (χ1) is 18.4. The van der Waals surface area contributed by atoms with E-state index in [9.17, 15) is 0 Å². The number of hydrogen-bond acceptors (Lipinski definition) is 4. The summed E-state index contributed by atoms with van der Waals surface area (Å²) in [4.78, 5) is 4.03.